The monoisotopic (exact) mass is 537 g/mol. The number of aryl methyl sites for hydroxylation is 2. The first-order chi connectivity index (χ1) is 19.1. The summed E-state index contributed by atoms with van der Waals surface area (Å²) in [5.74, 6) is -2.48. The highest BCUT2D eigenvalue weighted by atomic mass is 16.3. The van der Waals surface area contributed by atoms with Gasteiger partial charge in [-0.3, -0.25) is 24.1 Å². The molecule has 3 aliphatic carbocycles. The zero-order chi connectivity index (χ0) is 28.5. The second-order valence-corrected chi connectivity index (χ2v) is 11.5. The van der Waals surface area contributed by atoms with Crippen LogP contribution in [-0.4, -0.2) is 45.0 Å². The number of Topliss-reactive ketones (excluding diaryl/α,β-unsaturated/α-hetero) is 1. The van der Waals surface area contributed by atoms with Crippen LogP contribution < -0.4 is 0 Å². The van der Waals surface area contributed by atoms with Crippen LogP contribution >= 0.6 is 0 Å². The fraction of sp³-hybridized carbons (Fsp3) is 0.333. The molecule has 1 saturated heterocycles. The Kier molecular flexibility index (Phi) is 6.13. The number of carbonyl (C=O) groups excluding carboxylic acids is 4. The van der Waals surface area contributed by atoms with Gasteiger partial charge in [-0.2, -0.15) is 0 Å². The highest BCUT2D eigenvalue weighted by Crippen LogP contribution is 2.55. The Bertz CT molecular complexity index is 1570. The molecule has 2 aromatic rings. The first kappa shape index (κ1) is 26.0. The molecule has 4 aliphatic rings. The minimum atomic E-state index is -0.599. The number of ketones is 2. The number of rotatable bonds is 4. The second-order valence-electron chi connectivity index (χ2n) is 11.5. The number of phenolic OH excluding ortho intramolecular Hbond substituents is 2. The molecule has 2 amide bonds. The van der Waals surface area contributed by atoms with Crippen molar-refractivity contribution in [3.05, 3.63) is 93.1 Å². The van der Waals surface area contributed by atoms with E-state index in [2.05, 4.69) is 0 Å². The molecular formula is C33H31NO6. The number of amides is 2. The summed E-state index contributed by atoms with van der Waals surface area (Å²) in [6.45, 7) is 5.50. The average molecular weight is 538 g/mol. The molecule has 0 radical (unpaired) electrons. The number of hydrogen-bond acceptors (Lipinski definition) is 6. The molecule has 0 bridgehead atoms. The van der Waals surface area contributed by atoms with Crippen LogP contribution in [0.25, 0.3) is 0 Å². The standard InChI is InChI=1S/C33H31NO6/c1-16-12-20(13-17(2)30(16)37)27-22-8-9-23-28(24(22)15-25-26(36)14-18(3)31(38)29(25)27)33(40)34(32(23)39)11-10-19-4-6-21(35)7-5-19/h4-8,12-14,23-24,27-28,35,37H,9-11,15H2,1-3H3. The Morgan fingerprint density at radius 1 is 0.900 bits per heavy atom. The van der Waals surface area contributed by atoms with Gasteiger partial charge in [0.1, 0.15) is 11.5 Å². The van der Waals surface area contributed by atoms with E-state index in [-0.39, 0.29) is 53.8 Å². The maximum atomic E-state index is 13.9. The molecule has 1 fully saturated rings. The number of carbonyl (C=O) groups is 4. The number of allylic oxidation sites excluding steroid dienone is 6. The molecule has 6 rings (SSSR count). The fourth-order valence-electron chi connectivity index (χ4n) is 7.09. The van der Waals surface area contributed by atoms with E-state index >= 15 is 0 Å². The van der Waals surface area contributed by atoms with Crippen LogP contribution in [0.2, 0.25) is 0 Å². The maximum Gasteiger partial charge on any atom is 0.233 e. The van der Waals surface area contributed by atoms with Crippen LogP contribution in [0.5, 0.6) is 11.5 Å². The van der Waals surface area contributed by atoms with Crippen molar-refractivity contribution in [3.63, 3.8) is 0 Å². The first-order valence-corrected chi connectivity index (χ1v) is 13.7. The summed E-state index contributed by atoms with van der Waals surface area (Å²) in [4.78, 5) is 55.5. The van der Waals surface area contributed by atoms with Crippen molar-refractivity contribution >= 4 is 23.4 Å². The second kappa shape index (κ2) is 9.44. The van der Waals surface area contributed by atoms with Crippen molar-refractivity contribution < 1.29 is 29.4 Å². The molecule has 7 heteroatoms. The van der Waals surface area contributed by atoms with Crippen molar-refractivity contribution in [2.75, 3.05) is 6.54 Å². The lowest BCUT2D eigenvalue weighted by Crippen LogP contribution is -2.40. The van der Waals surface area contributed by atoms with Crippen LogP contribution in [0.15, 0.2) is 70.8 Å². The molecule has 7 nitrogen and oxygen atoms in total. The minimum absolute atomic E-state index is 0.155. The van der Waals surface area contributed by atoms with Gasteiger partial charge in [-0.1, -0.05) is 35.9 Å². The summed E-state index contributed by atoms with van der Waals surface area (Å²) < 4.78 is 0. The molecule has 0 saturated carbocycles. The highest BCUT2D eigenvalue weighted by Gasteiger charge is 2.56. The molecule has 4 unspecified atom stereocenters. The third-order valence-corrected chi connectivity index (χ3v) is 9.06. The summed E-state index contributed by atoms with van der Waals surface area (Å²) in [5.41, 5.74) is 5.22. The SMILES string of the molecule is CC1=CC(=O)C2=C(C1=O)C(c1cc(C)c(O)c(C)c1)C1=CCC3C(=O)N(CCc4ccc(O)cc4)C(=O)C3C1C2. The largest absolute Gasteiger partial charge is 0.508 e. The molecule has 2 N–H and O–H groups in total. The van der Waals surface area contributed by atoms with Crippen LogP contribution in [0.1, 0.15) is 47.9 Å². The molecular weight excluding hydrogens is 506 g/mol. The van der Waals surface area contributed by atoms with Gasteiger partial charge in [0.2, 0.25) is 11.8 Å². The normalized spacial score (nSPS) is 25.9. The van der Waals surface area contributed by atoms with Gasteiger partial charge >= 0.3 is 0 Å². The summed E-state index contributed by atoms with van der Waals surface area (Å²) in [6.07, 6.45) is 4.50. The highest BCUT2D eigenvalue weighted by molar-refractivity contribution is 6.23. The Morgan fingerprint density at radius 3 is 2.25 bits per heavy atom. The summed E-state index contributed by atoms with van der Waals surface area (Å²) >= 11 is 0. The molecule has 40 heavy (non-hydrogen) atoms. The first-order valence-electron chi connectivity index (χ1n) is 13.7. The third-order valence-electron chi connectivity index (χ3n) is 9.06. The summed E-state index contributed by atoms with van der Waals surface area (Å²) in [7, 11) is 0. The molecule has 204 valence electrons. The van der Waals surface area contributed by atoms with Gasteiger partial charge in [-0.05, 0) is 86.4 Å². The predicted molar refractivity (Wildman–Crippen MR) is 147 cm³/mol. The topological polar surface area (TPSA) is 112 Å². The van der Waals surface area contributed by atoms with Crippen molar-refractivity contribution in [3.8, 4) is 11.5 Å². The van der Waals surface area contributed by atoms with E-state index in [1.54, 1.807) is 45.0 Å². The van der Waals surface area contributed by atoms with Gasteiger partial charge in [0, 0.05) is 29.2 Å². The zero-order valence-electron chi connectivity index (χ0n) is 22.7. The van der Waals surface area contributed by atoms with Crippen molar-refractivity contribution in [1.82, 2.24) is 4.90 Å². The quantitative estimate of drug-likeness (QED) is 0.340. The maximum absolute atomic E-state index is 13.9. The lowest BCUT2D eigenvalue weighted by atomic mass is 9.59. The van der Waals surface area contributed by atoms with Gasteiger partial charge in [0.15, 0.2) is 11.6 Å². The van der Waals surface area contributed by atoms with E-state index in [0.29, 0.717) is 40.7 Å². The lowest BCUT2D eigenvalue weighted by Gasteiger charge is -2.42. The predicted octanol–water partition coefficient (Wildman–Crippen LogP) is 4.39. The van der Waals surface area contributed by atoms with Crippen molar-refractivity contribution in [2.45, 2.75) is 46.0 Å². The minimum Gasteiger partial charge on any atom is -0.508 e. The molecule has 0 spiro atoms. The zero-order valence-corrected chi connectivity index (χ0v) is 22.7. The van der Waals surface area contributed by atoms with Crippen LogP contribution in [0.3, 0.4) is 0 Å². The van der Waals surface area contributed by atoms with Crippen molar-refractivity contribution in [1.29, 1.82) is 0 Å². The smallest absolute Gasteiger partial charge is 0.233 e. The molecule has 1 heterocycles. The van der Waals surface area contributed by atoms with Gasteiger partial charge in [-0.25, -0.2) is 0 Å². The summed E-state index contributed by atoms with van der Waals surface area (Å²) in [5, 5.41) is 20.0. The number of phenols is 2. The Morgan fingerprint density at radius 2 is 1.57 bits per heavy atom. The number of likely N-dealkylation sites (tertiary alicyclic amines) is 1. The molecule has 0 aromatic heterocycles. The molecule has 2 aromatic carbocycles. The van der Waals surface area contributed by atoms with Crippen LogP contribution in [0.4, 0.5) is 0 Å². The van der Waals surface area contributed by atoms with E-state index in [1.165, 1.54) is 11.0 Å². The van der Waals surface area contributed by atoms with E-state index in [4.69, 9.17) is 0 Å². The lowest BCUT2D eigenvalue weighted by molar-refractivity contribution is -0.140. The number of benzene rings is 2. The van der Waals surface area contributed by atoms with E-state index in [9.17, 15) is 29.4 Å². The Balaban J connectivity index is 1.40. The molecule has 4 atom stereocenters. The van der Waals surface area contributed by atoms with E-state index in [1.807, 2.05) is 18.2 Å². The number of nitrogens with zero attached hydrogens (tertiary/aromatic N) is 1. The number of imide groups is 1. The Hall–Kier alpha value is -4.26. The van der Waals surface area contributed by atoms with Gasteiger partial charge in [0.05, 0.1) is 11.8 Å². The number of aromatic hydroxyl groups is 2. The fourth-order valence-corrected chi connectivity index (χ4v) is 7.09. The van der Waals surface area contributed by atoms with Gasteiger partial charge < -0.3 is 10.2 Å². The number of hydrogen-bond donors (Lipinski definition) is 2. The van der Waals surface area contributed by atoms with Crippen LogP contribution in [-0.2, 0) is 25.6 Å². The van der Waals surface area contributed by atoms with E-state index in [0.717, 1.165) is 16.7 Å². The van der Waals surface area contributed by atoms with Crippen LogP contribution in [0, 0.1) is 31.6 Å². The van der Waals surface area contributed by atoms with Gasteiger partial charge in [-0.15, -0.1) is 0 Å². The Labute approximate surface area is 232 Å². The molecule has 1 aliphatic heterocycles. The van der Waals surface area contributed by atoms with Gasteiger partial charge in [0.25, 0.3) is 0 Å². The average Bonchev–Trinajstić information content (AvgIpc) is 3.17. The van der Waals surface area contributed by atoms with E-state index < -0.39 is 17.8 Å². The number of fused-ring (bicyclic) bond motifs is 3. The van der Waals surface area contributed by atoms with Crippen molar-refractivity contribution in [2.24, 2.45) is 17.8 Å². The summed E-state index contributed by atoms with van der Waals surface area (Å²) in [6, 6.07) is 10.4. The third kappa shape index (κ3) is 3.95.